The number of hydrogen-bond acceptors (Lipinski definition) is 2. The van der Waals surface area contributed by atoms with Crippen molar-refractivity contribution in [2.24, 2.45) is 5.73 Å². The van der Waals surface area contributed by atoms with Crippen molar-refractivity contribution in [2.45, 2.75) is 13.0 Å². The highest BCUT2D eigenvalue weighted by molar-refractivity contribution is 9.10. The summed E-state index contributed by atoms with van der Waals surface area (Å²) < 4.78 is 0.873. The molecule has 2 N–H and O–H groups in total. The summed E-state index contributed by atoms with van der Waals surface area (Å²) in [4.78, 5) is 4.51. The maximum Gasteiger partial charge on any atom is 0.0705 e. The molecule has 0 amide bonds. The lowest BCUT2D eigenvalue weighted by molar-refractivity contribution is 0.873. The Morgan fingerprint density at radius 3 is 2.52 bits per heavy atom. The SMILES string of the molecule is Cc1ccc2cc(C(N)c3ccc(Br)c(Cl)c3)ccc2n1. The molecule has 0 radical (unpaired) electrons. The summed E-state index contributed by atoms with van der Waals surface area (Å²) in [5.74, 6) is 0. The first kappa shape index (κ1) is 14.5. The normalized spacial score (nSPS) is 12.6. The van der Waals surface area contributed by atoms with Gasteiger partial charge in [-0.1, -0.05) is 29.8 Å². The van der Waals surface area contributed by atoms with Crippen LogP contribution in [0.3, 0.4) is 0 Å². The Morgan fingerprint density at radius 1 is 1.05 bits per heavy atom. The van der Waals surface area contributed by atoms with Crippen LogP contribution in [0.4, 0.5) is 0 Å². The van der Waals surface area contributed by atoms with Crippen molar-refractivity contribution in [3.8, 4) is 0 Å². The van der Waals surface area contributed by atoms with Gasteiger partial charge in [-0.25, -0.2) is 0 Å². The van der Waals surface area contributed by atoms with Crippen molar-refractivity contribution in [3.63, 3.8) is 0 Å². The maximum atomic E-state index is 6.36. The van der Waals surface area contributed by atoms with Gasteiger partial charge in [0.05, 0.1) is 16.6 Å². The van der Waals surface area contributed by atoms with E-state index in [4.69, 9.17) is 17.3 Å². The van der Waals surface area contributed by atoms with Gasteiger partial charge in [0.2, 0.25) is 0 Å². The van der Waals surface area contributed by atoms with Gasteiger partial charge in [0.25, 0.3) is 0 Å². The van der Waals surface area contributed by atoms with Gasteiger partial charge in [-0.05, 0) is 64.3 Å². The number of hydrogen-bond donors (Lipinski definition) is 1. The second-order valence-corrected chi connectivity index (χ2v) is 6.32. The summed E-state index contributed by atoms with van der Waals surface area (Å²) in [6, 6.07) is 15.8. The number of pyridine rings is 1. The standard InChI is InChI=1S/C17H14BrClN2/c1-10-2-3-11-8-12(5-7-16(11)21-10)17(20)13-4-6-14(18)15(19)9-13/h2-9,17H,20H2,1H3. The van der Waals surface area contributed by atoms with E-state index in [2.05, 4.69) is 33.0 Å². The zero-order chi connectivity index (χ0) is 15.0. The Morgan fingerprint density at radius 2 is 1.76 bits per heavy atom. The van der Waals surface area contributed by atoms with Gasteiger partial charge in [-0.15, -0.1) is 0 Å². The van der Waals surface area contributed by atoms with Crippen LogP contribution in [0.5, 0.6) is 0 Å². The van der Waals surface area contributed by atoms with Gasteiger partial charge in [-0.2, -0.15) is 0 Å². The first-order chi connectivity index (χ1) is 10.0. The summed E-state index contributed by atoms with van der Waals surface area (Å²) in [5, 5.41) is 1.76. The van der Waals surface area contributed by atoms with E-state index in [0.29, 0.717) is 5.02 Å². The van der Waals surface area contributed by atoms with E-state index in [1.54, 1.807) is 0 Å². The molecule has 0 aliphatic heterocycles. The molecular weight excluding hydrogens is 348 g/mol. The molecule has 1 heterocycles. The van der Waals surface area contributed by atoms with Crippen LogP contribution < -0.4 is 5.73 Å². The lowest BCUT2D eigenvalue weighted by Crippen LogP contribution is -2.11. The van der Waals surface area contributed by atoms with E-state index >= 15 is 0 Å². The predicted molar refractivity (Wildman–Crippen MR) is 91.7 cm³/mol. The average molecular weight is 362 g/mol. The molecule has 0 fully saturated rings. The number of aryl methyl sites for hydroxylation is 1. The smallest absolute Gasteiger partial charge is 0.0705 e. The van der Waals surface area contributed by atoms with Crippen LogP contribution in [-0.2, 0) is 0 Å². The van der Waals surface area contributed by atoms with Crippen molar-refractivity contribution < 1.29 is 0 Å². The fourth-order valence-electron chi connectivity index (χ4n) is 2.34. The van der Waals surface area contributed by atoms with Gasteiger partial charge in [0.15, 0.2) is 0 Å². The van der Waals surface area contributed by atoms with E-state index in [9.17, 15) is 0 Å². The molecule has 3 aromatic rings. The van der Waals surface area contributed by atoms with Gasteiger partial charge in [0.1, 0.15) is 0 Å². The molecule has 2 aromatic carbocycles. The maximum absolute atomic E-state index is 6.36. The van der Waals surface area contributed by atoms with Crippen LogP contribution in [0.1, 0.15) is 22.9 Å². The molecule has 1 atom stereocenters. The van der Waals surface area contributed by atoms with Crippen LogP contribution in [0.25, 0.3) is 10.9 Å². The molecule has 0 bridgehead atoms. The molecule has 106 valence electrons. The van der Waals surface area contributed by atoms with E-state index in [1.165, 1.54) is 0 Å². The van der Waals surface area contributed by atoms with E-state index in [-0.39, 0.29) is 6.04 Å². The Bertz CT molecular complexity index is 817. The minimum Gasteiger partial charge on any atom is -0.320 e. The Balaban J connectivity index is 2.02. The quantitative estimate of drug-likeness (QED) is 0.697. The van der Waals surface area contributed by atoms with Gasteiger partial charge >= 0.3 is 0 Å². The molecule has 21 heavy (non-hydrogen) atoms. The molecule has 3 rings (SSSR count). The number of rotatable bonds is 2. The van der Waals surface area contributed by atoms with Crippen LogP contribution in [0.2, 0.25) is 5.02 Å². The third-order valence-corrected chi connectivity index (χ3v) is 4.75. The molecule has 0 aliphatic carbocycles. The highest BCUT2D eigenvalue weighted by atomic mass is 79.9. The summed E-state index contributed by atoms with van der Waals surface area (Å²) >= 11 is 9.54. The zero-order valence-corrected chi connectivity index (χ0v) is 13.8. The number of aromatic nitrogens is 1. The van der Waals surface area contributed by atoms with Crippen LogP contribution in [0.15, 0.2) is 53.0 Å². The second-order valence-electron chi connectivity index (χ2n) is 5.06. The Kier molecular flexibility index (Phi) is 3.98. The molecule has 0 saturated heterocycles. The fourth-order valence-corrected chi connectivity index (χ4v) is 2.77. The summed E-state index contributed by atoms with van der Waals surface area (Å²) in [6.07, 6.45) is 0. The summed E-state index contributed by atoms with van der Waals surface area (Å²) in [7, 11) is 0. The fraction of sp³-hybridized carbons (Fsp3) is 0.118. The molecule has 0 spiro atoms. The third-order valence-electron chi connectivity index (χ3n) is 3.51. The van der Waals surface area contributed by atoms with Crippen LogP contribution in [0, 0.1) is 6.92 Å². The highest BCUT2D eigenvalue weighted by Gasteiger charge is 2.11. The van der Waals surface area contributed by atoms with E-state index in [0.717, 1.165) is 32.2 Å². The minimum absolute atomic E-state index is 0.207. The van der Waals surface area contributed by atoms with Crippen molar-refractivity contribution >= 4 is 38.4 Å². The van der Waals surface area contributed by atoms with Crippen LogP contribution >= 0.6 is 27.5 Å². The molecule has 1 aromatic heterocycles. The topological polar surface area (TPSA) is 38.9 Å². The monoisotopic (exact) mass is 360 g/mol. The molecule has 2 nitrogen and oxygen atoms in total. The van der Waals surface area contributed by atoms with Gasteiger partial charge < -0.3 is 5.73 Å². The van der Waals surface area contributed by atoms with Gasteiger partial charge in [0, 0.05) is 15.6 Å². The molecule has 1 unspecified atom stereocenters. The predicted octanol–water partition coefficient (Wildman–Crippen LogP) is 5.01. The van der Waals surface area contributed by atoms with Crippen molar-refractivity contribution in [2.75, 3.05) is 0 Å². The van der Waals surface area contributed by atoms with E-state index < -0.39 is 0 Å². The largest absolute Gasteiger partial charge is 0.320 e. The zero-order valence-electron chi connectivity index (χ0n) is 11.5. The lowest BCUT2D eigenvalue weighted by Gasteiger charge is -2.14. The summed E-state index contributed by atoms with van der Waals surface area (Å²) in [6.45, 7) is 1.99. The molecule has 4 heteroatoms. The Hall–Kier alpha value is -1.42. The van der Waals surface area contributed by atoms with Crippen molar-refractivity contribution in [3.05, 3.63) is 74.8 Å². The number of nitrogens with two attached hydrogens (primary N) is 1. The van der Waals surface area contributed by atoms with Crippen LogP contribution in [-0.4, -0.2) is 4.98 Å². The molecule has 0 saturated carbocycles. The van der Waals surface area contributed by atoms with Crippen molar-refractivity contribution in [1.29, 1.82) is 0 Å². The van der Waals surface area contributed by atoms with Crippen molar-refractivity contribution in [1.82, 2.24) is 4.98 Å². The molecular formula is C17H14BrClN2. The number of halogens is 2. The number of benzene rings is 2. The number of fused-ring (bicyclic) bond motifs is 1. The lowest BCUT2D eigenvalue weighted by atomic mass is 9.98. The highest BCUT2D eigenvalue weighted by Crippen LogP contribution is 2.29. The van der Waals surface area contributed by atoms with Gasteiger partial charge in [-0.3, -0.25) is 4.98 Å². The second kappa shape index (κ2) is 5.76. The first-order valence-electron chi connectivity index (χ1n) is 6.62. The molecule has 0 aliphatic rings. The number of nitrogens with zero attached hydrogens (tertiary/aromatic N) is 1. The average Bonchev–Trinajstić information content (AvgIpc) is 2.49. The third kappa shape index (κ3) is 2.95. The van der Waals surface area contributed by atoms with E-state index in [1.807, 2.05) is 43.3 Å². The first-order valence-corrected chi connectivity index (χ1v) is 7.79. The Labute approximate surface area is 137 Å². The minimum atomic E-state index is -0.207. The summed E-state index contributed by atoms with van der Waals surface area (Å²) in [5.41, 5.74) is 10.4.